The SMILES string of the molecule is Cc1cc(C(C)(C)C)c2oc(CN)c(C)c2c1. The van der Waals surface area contributed by atoms with E-state index in [1.807, 2.05) is 0 Å². The molecule has 0 fully saturated rings. The van der Waals surface area contributed by atoms with Crippen molar-refractivity contribution in [2.45, 2.75) is 46.6 Å². The fourth-order valence-electron chi connectivity index (χ4n) is 2.26. The molecular weight excluding hydrogens is 210 g/mol. The van der Waals surface area contributed by atoms with E-state index in [2.05, 4.69) is 46.8 Å². The van der Waals surface area contributed by atoms with E-state index in [0.29, 0.717) is 6.54 Å². The largest absolute Gasteiger partial charge is 0.459 e. The molecule has 2 nitrogen and oxygen atoms in total. The number of fused-ring (bicyclic) bond motifs is 1. The summed E-state index contributed by atoms with van der Waals surface area (Å²) in [4.78, 5) is 0. The quantitative estimate of drug-likeness (QED) is 0.810. The molecular formula is C15H21NO. The summed E-state index contributed by atoms with van der Waals surface area (Å²) in [6.07, 6.45) is 0. The van der Waals surface area contributed by atoms with E-state index in [-0.39, 0.29) is 5.41 Å². The Labute approximate surface area is 103 Å². The lowest BCUT2D eigenvalue weighted by Crippen LogP contribution is -2.11. The summed E-state index contributed by atoms with van der Waals surface area (Å²) in [6.45, 7) is 11.3. The second-order valence-electron chi connectivity index (χ2n) is 5.79. The monoisotopic (exact) mass is 231 g/mol. The van der Waals surface area contributed by atoms with Gasteiger partial charge < -0.3 is 10.2 Å². The maximum Gasteiger partial charge on any atom is 0.138 e. The lowest BCUT2D eigenvalue weighted by Gasteiger charge is -2.19. The molecule has 2 heteroatoms. The van der Waals surface area contributed by atoms with Crippen LogP contribution in [-0.2, 0) is 12.0 Å². The fourth-order valence-corrected chi connectivity index (χ4v) is 2.26. The molecule has 17 heavy (non-hydrogen) atoms. The predicted octanol–water partition coefficient (Wildman–Crippen LogP) is 3.81. The molecule has 2 N–H and O–H groups in total. The molecule has 0 aliphatic carbocycles. The molecule has 2 aromatic rings. The fraction of sp³-hybridized carbons (Fsp3) is 0.467. The molecule has 0 unspecified atom stereocenters. The summed E-state index contributed by atoms with van der Waals surface area (Å²) in [7, 11) is 0. The van der Waals surface area contributed by atoms with Crippen molar-refractivity contribution in [1.29, 1.82) is 0 Å². The standard InChI is InChI=1S/C15H21NO/c1-9-6-11-10(2)13(8-16)17-14(11)12(7-9)15(3,4)5/h6-7H,8,16H2,1-5H3. The van der Waals surface area contributed by atoms with Crippen LogP contribution in [0.5, 0.6) is 0 Å². The maximum absolute atomic E-state index is 5.94. The second-order valence-corrected chi connectivity index (χ2v) is 5.79. The number of hydrogen-bond acceptors (Lipinski definition) is 2. The van der Waals surface area contributed by atoms with Crippen molar-refractivity contribution >= 4 is 11.0 Å². The van der Waals surface area contributed by atoms with E-state index < -0.39 is 0 Å². The van der Waals surface area contributed by atoms with Crippen molar-refractivity contribution in [3.63, 3.8) is 0 Å². The Kier molecular flexibility index (Phi) is 2.78. The summed E-state index contributed by atoms with van der Waals surface area (Å²) in [5.41, 5.74) is 10.5. The molecule has 0 amide bonds. The molecule has 1 heterocycles. The first-order chi connectivity index (χ1) is 7.84. The van der Waals surface area contributed by atoms with Gasteiger partial charge in [0, 0.05) is 10.9 Å². The molecule has 0 atom stereocenters. The van der Waals surface area contributed by atoms with Crippen molar-refractivity contribution in [3.8, 4) is 0 Å². The number of furan rings is 1. The zero-order chi connectivity index (χ0) is 12.8. The smallest absolute Gasteiger partial charge is 0.138 e. The maximum atomic E-state index is 5.94. The lowest BCUT2D eigenvalue weighted by molar-refractivity contribution is 0.524. The van der Waals surface area contributed by atoms with Gasteiger partial charge in [-0.05, 0) is 36.5 Å². The van der Waals surface area contributed by atoms with E-state index in [4.69, 9.17) is 10.2 Å². The molecule has 92 valence electrons. The summed E-state index contributed by atoms with van der Waals surface area (Å²) < 4.78 is 5.94. The van der Waals surface area contributed by atoms with Crippen LogP contribution in [0.1, 0.15) is 43.2 Å². The second kappa shape index (κ2) is 3.88. The highest BCUT2D eigenvalue weighted by Crippen LogP contribution is 2.35. The Hall–Kier alpha value is -1.28. The van der Waals surface area contributed by atoms with Crippen LogP contribution in [-0.4, -0.2) is 0 Å². The third-order valence-corrected chi connectivity index (χ3v) is 3.27. The van der Waals surface area contributed by atoms with Gasteiger partial charge >= 0.3 is 0 Å². The van der Waals surface area contributed by atoms with Gasteiger partial charge in [-0.15, -0.1) is 0 Å². The molecule has 0 saturated carbocycles. The first kappa shape index (κ1) is 12.2. The van der Waals surface area contributed by atoms with Crippen LogP contribution < -0.4 is 5.73 Å². The molecule has 1 aromatic carbocycles. The normalized spacial score (nSPS) is 12.4. The highest BCUT2D eigenvalue weighted by molar-refractivity contribution is 5.86. The number of nitrogens with two attached hydrogens (primary N) is 1. The number of benzene rings is 1. The van der Waals surface area contributed by atoms with Crippen molar-refractivity contribution in [1.82, 2.24) is 0 Å². The van der Waals surface area contributed by atoms with Gasteiger partial charge in [0.15, 0.2) is 0 Å². The highest BCUT2D eigenvalue weighted by atomic mass is 16.3. The Bertz CT molecular complexity index is 558. The first-order valence-corrected chi connectivity index (χ1v) is 6.07. The van der Waals surface area contributed by atoms with E-state index in [9.17, 15) is 0 Å². The minimum atomic E-state index is 0.0838. The Balaban J connectivity index is 2.85. The average molecular weight is 231 g/mol. The van der Waals surface area contributed by atoms with Crippen LogP contribution in [0.4, 0.5) is 0 Å². The molecule has 0 bridgehead atoms. The minimum Gasteiger partial charge on any atom is -0.459 e. The van der Waals surface area contributed by atoms with Crippen LogP contribution in [0.3, 0.4) is 0 Å². The molecule has 0 spiro atoms. The minimum absolute atomic E-state index is 0.0838. The van der Waals surface area contributed by atoms with Gasteiger partial charge in [-0.3, -0.25) is 0 Å². The van der Waals surface area contributed by atoms with Gasteiger partial charge in [0.05, 0.1) is 6.54 Å². The van der Waals surface area contributed by atoms with E-state index in [1.54, 1.807) is 0 Å². The Morgan fingerprint density at radius 1 is 1.18 bits per heavy atom. The first-order valence-electron chi connectivity index (χ1n) is 6.07. The van der Waals surface area contributed by atoms with Gasteiger partial charge in [0.2, 0.25) is 0 Å². The molecule has 1 aromatic heterocycles. The van der Waals surface area contributed by atoms with Crippen LogP contribution in [0, 0.1) is 13.8 Å². The Morgan fingerprint density at radius 2 is 1.82 bits per heavy atom. The third-order valence-electron chi connectivity index (χ3n) is 3.27. The number of hydrogen-bond donors (Lipinski definition) is 1. The van der Waals surface area contributed by atoms with Crippen molar-refractivity contribution in [2.24, 2.45) is 5.73 Å². The predicted molar refractivity (Wildman–Crippen MR) is 72.3 cm³/mol. The van der Waals surface area contributed by atoms with Crippen LogP contribution in [0.2, 0.25) is 0 Å². The van der Waals surface area contributed by atoms with Crippen molar-refractivity contribution in [3.05, 3.63) is 34.6 Å². The van der Waals surface area contributed by atoms with Gasteiger partial charge in [0.1, 0.15) is 11.3 Å². The topological polar surface area (TPSA) is 39.2 Å². The van der Waals surface area contributed by atoms with Gasteiger partial charge in [-0.1, -0.05) is 26.8 Å². The van der Waals surface area contributed by atoms with Gasteiger partial charge in [0.25, 0.3) is 0 Å². The molecule has 0 aliphatic rings. The van der Waals surface area contributed by atoms with Crippen LogP contribution in [0.25, 0.3) is 11.0 Å². The van der Waals surface area contributed by atoms with Gasteiger partial charge in [-0.2, -0.15) is 0 Å². The summed E-state index contributed by atoms with van der Waals surface area (Å²) in [5.74, 6) is 0.899. The molecule has 0 saturated heterocycles. The van der Waals surface area contributed by atoms with Crippen molar-refractivity contribution in [2.75, 3.05) is 0 Å². The van der Waals surface area contributed by atoms with E-state index in [1.165, 1.54) is 22.1 Å². The number of rotatable bonds is 1. The van der Waals surface area contributed by atoms with Crippen molar-refractivity contribution < 1.29 is 4.42 Å². The zero-order valence-corrected chi connectivity index (χ0v) is 11.3. The van der Waals surface area contributed by atoms with Crippen LogP contribution in [0.15, 0.2) is 16.5 Å². The molecule has 0 radical (unpaired) electrons. The van der Waals surface area contributed by atoms with E-state index >= 15 is 0 Å². The molecule has 2 rings (SSSR count). The van der Waals surface area contributed by atoms with E-state index in [0.717, 1.165) is 11.3 Å². The highest BCUT2D eigenvalue weighted by Gasteiger charge is 2.21. The van der Waals surface area contributed by atoms with Gasteiger partial charge in [-0.25, -0.2) is 0 Å². The zero-order valence-electron chi connectivity index (χ0n) is 11.3. The third kappa shape index (κ3) is 1.98. The van der Waals surface area contributed by atoms with Crippen LogP contribution >= 0.6 is 0 Å². The Morgan fingerprint density at radius 3 is 2.35 bits per heavy atom. The average Bonchev–Trinajstić information content (AvgIpc) is 2.54. The summed E-state index contributed by atoms with van der Waals surface area (Å²) in [5, 5.41) is 1.20. The summed E-state index contributed by atoms with van der Waals surface area (Å²) >= 11 is 0. The summed E-state index contributed by atoms with van der Waals surface area (Å²) in [6, 6.07) is 4.40. The molecule has 0 aliphatic heterocycles. The number of aryl methyl sites for hydroxylation is 2. The lowest BCUT2D eigenvalue weighted by atomic mass is 9.85.